The van der Waals surface area contributed by atoms with Crippen LogP contribution in [-0.4, -0.2) is 23.5 Å². The molecular formula is C16H23NO3. The van der Waals surface area contributed by atoms with Crippen LogP contribution in [0.2, 0.25) is 0 Å². The summed E-state index contributed by atoms with van der Waals surface area (Å²) >= 11 is 0. The summed E-state index contributed by atoms with van der Waals surface area (Å²) in [5.41, 5.74) is 1.24. The van der Waals surface area contributed by atoms with Gasteiger partial charge in [-0.25, -0.2) is 0 Å². The van der Waals surface area contributed by atoms with Crippen molar-refractivity contribution in [2.45, 2.75) is 33.1 Å². The molecule has 3 atom stereocenters. The average Bonchev–Trinajstić information content (AvgIpc) is 2.46. The molecule has 0 saturated heterocycles. The third kappa shape index (κ3) is 4.68. The lowest BCUT2D eigenvalue weighted by molar-refractivity contribution is -0.146. The molecule has 3 unspecified atom stereocenters. The van der Waals surface area contributed by atoms with Crippen molar-refractivity contribution in [3.63, 3.8) is 0 Å². The van der Waals surface area contributed by atoms with Gasteiger partial charge in [0.25, 0.3) is 0 Å². The monoisotopic (exact) mass is 277 g/mol. The number of benzene rings is 1. The Kier molecular flexibility index (Phi) is 6.22. The molecule has 4 heteroatoms. The fourth-order valence-corrected chi connectivity index (χ4v) is 1.96. The second-order valence-corrected chi connectivity index (χ2v) is 5.31. The lowest BCUT2D eigenvalue weighted by Gasteiger charge is -2.17. The number of aliphatic carboxylic acids is 1. The zero-order chi connectivity index (χ0) is 15.1. The number of hydrogen-bond donors (Lipinski definition) is 2. The molecule has 0 aromatic heterocycles. The molecular weight excluding hydrogens is 254 g/mol. The molecule has 0 heterocycles. The van der Waals surface area contributed by atoms with Gasteiger partial charge in [0.05, 0.1) is 5.92 Å². The van der Waals surface area contributed by atoms with Crippen molar-refractivity contribution in [1.29, 1.82) is 0 Å². The minimum absolute atomic E-state index is 0.194. The van der Waals surface area contributed by atoms with E-state index in [0.29, 0.717) is 12.5 Å². The molecule has 0 aliphatic heterocycles. The standard InChI is InChI=1S/C16H23NO3/c1-11(14-7-5-4-6-8-14)9-10-17-15(18)12(2)13(3)16(19)20/h4-8,11-13H,9-10H2,1-3H3,(H,17,18)(H,19,20). The first-order chi connectivity index (χ1) is 9.43. The lowest BCUT2D eigenvalue weighted by atomic mass is 9.95. The van der Waals surface area contributed by atoms with Crippen LogP contribution in [0.1, 0.15) is 38.7 Å². The number of amides is 1. The maximum atomic E-state index is 11.8. The molecule has 20 heavy (non-hydrogen) atoms. The lowest BCUT2D eigenvalue weighted by Crippen LogP contribution is -2.36. The Morgan fingerprint density at radius 2 is 1.70 bits per heavy atom. The number of carboxylic acid groups (broad SMARTS) is 1. The van der Waals surface area contributed by atoms with E-state index >= 15 is 0 Å². The molecule has 1 aromatic rings. The SMILES string of the molecule is CC(CCNC(=O)C(C)C(C)C(=O)O)c1ccccc1. The maximum absolute atomic E-state index is 11.8. The topological polar surface area (TPSA) is 66.4 Å². The molecule has 0 aliphatic rings. The highest BCUT2D eigenvalue weighted by molar-refractivity contribution is 5.84. The summed E-state index contributed by atoms with van der Waals surface area (Å²) in [6.07, 6.45) is 0.837. The molecule has 1 amide bonds. The smallest absolute Gasteiger partial charge is 0.307 e. The van der Waals surface area contributed by atoms with E-state index in [1.54, 1.807) is 13.8 Å². The van der Waals surface area contributed by atoms with Crippen LogP contribution in [0.4, 0.5) is 0 Å². The molecule has 0 aliphatic carbocycles. The molecule has 0 fully saturated rings. The molecule has 1 rings (SSSR count). The number of carbonyl (C=O) groups is 2. The van der Waals surface area contributed by atoms with Crippen molar-refractivity contribution in [3.8, 4) is 0 Å². The summed E-state index contributed by atoms with van der Waals surface area (Å²) in [6.45, 7) is 5.88. The molecule has 0 saturated carbocycles. The highest BCUT2D eigenvalue weighted by atomic mass is 16.4. The summed E-state index contributed by atoms with van der Waals surface area (Å²) < 4.78 is 0. The van der Waals surface area contributed by atoms with Gasteiger partial charge in [-0.15, -0.1) is 0 Å². The first-order valence-electron chi connectivity index (χ1n) is 6.99. The van der Waals surface area contributed by atoms with Gasteiger partial charge in [-0.2, -0.15) is 0 Å². The largest absolute Gasteiger partial charge is 0.481 e. The molecule has 0 bridgehead atoms. The first-order valence-corrected chi connectivity index (χ1v) is 6.99. The number of rotatable bonds is 7. The first kappa shape index (κ1) is 16.2. The highest BCUT2D eigenvalue weighted by Crippen LogP contribution is 2.18. The normalized spacial score (nSPS) is 15.2. The van der Waals surface area contributed by atoms with Crippen LogP contribution in [0.3, 0.4) is 0 Å². The zero-order valence-corrected chi connectivity index (χ0v) is 12.3. The van der Waals surface area contributed by atoms with Gasteiger partial charge < -0.3 is 10.4 Å². The summed E-state index contributed by atoms with van der Waals surface area (Å²) in [4.78, 5) is 22.7. The zero-order valence-electron chi connectivity index (χ0n) is 12.3. The second kappa shape index (κ2) is 7.68. The minimum Gasteiger partial charge on any atom is -0.481 e. The summed E-state index contributed by atoms with van der Waals surface area (Å²) in [5.74, 6) is -1.95. The third-order valence-electron chi connectivity index (χ3n) is 3.80. The molecule has 4 nitrogen and oxygen atoms in total. The Balaban J connectivity index is 2.37. The number of hydrogen-bond acceptors (Lipinski definition) is 2. The fourth-order valence-electron chi connectivity index (χ4n) is 1.96. The van der Waals surface area contributed by atoms with Gasteiger partial charge in [-0.3, -0.25) is 9.59 Å². The van der Waals surface area contributed by atoms with Crippen LogP contribution in [0.25, 0.3) is 0 Å². The van der Waals surface area contributed by atoms with E-state index in [1.807, 2.05) is 18.2 Å². The van der Waals surface area contributed by atoms with E-state index in [-0.39, 0.29) is 5.91 Å². The van der Waals surface area contributed by atoms with Gasteiger partial charge in [0, 0.05) is 12.5 Å². The molecule has 0 radical (unpaired) electrons. The van der Waals surface area contributed by atoms with Crippen LogP contribution < -0.4 is 5.32 Å². The Morgan fingerprint density at radius 3 is 2.25 bits per heavy atom. The van der Waals surface area contributed by atoms with Gasteiger partial charge in [-0.05, 0) is 17.9 Å². The van der Waals surface area contributed by atoms with Crippen molar-refractivity contribution in [1.82, 2.24) is 5.32 Å². The van der Waals surface area contributed by atoms with Crippen molar-refractivity contribution >= 4 is 11.9 Å². The maximum Gasteiger partial charge on any atom is 0.307 e. The predicted molar refractivity (Wildman–Crippen MR) is 78.4 cm³/mol. The Morgan fingerprint density at radius 1 is 1.10 bits per heavy atom. The molecule has 1 aromatic carbocycles. The van der Waals surface area contributed by atoms with Crippen LogP contribution >= 0.6 is 0 Å². The summed E-state index contributed by atoms with van der Waals surface area (Å²) in [5, 5.41) is 11.7. The molecule has 0 spiro atoms. The van der Waals surface area contributed by atoms with E-state index < -0.39 is 17.8 Å². The number of carboxylic acids is 1. The predicted octanol–water partition coefficient (Wildman–Crippen LogP) is 2.65. The van der Waals surface area contributed by atoms with Crippen molar-refractivity contribution < 1.29 is 14.7 Å². The van der Waals surface area contributed by atoms with Gasteiger partial charge in [0.1, 0.15) is 0 Å². The highest BCUT2D eigenvalue weighted by Gasteiger charge is 2.25. The second-order valence-electron chi connectivity index (χ2n) is 5.31. The van der Waals surface area contributed by atoms with Crippen molar-refractivity contribution in [2.24, 2.45) is 11.8 Å². The Hall–Kier alpha value is -1.84. The fraction of sp³-hybridized carbons (Fsp3) is 0.500. The Bertz CT molecular complexity index is 444. The van der Waals surface area contributed by atoms with Crippen molar-refractivity contribution in [2.75, 3.05) is 6.54 Å². The molecule has 2 N–H and O–H groups in total. The van der Waals surface area contributed by atoms with E-state index in [9.17, 15) is 9.59 Å². The van der Waals surface area contributed by atoms with Gasteiger partial charge in [-0.1, -0.05) is 51.1 Å². The van der Waals surface area contributed by atoms with E-state index in [1.165, 1.54) is 5.56 Å². The number of carbonyl (C=O) groups excluding carboxylic acids is 1. The van der Waals surface area contributed by atoms with Gasteiger partial charge >= 0.3 is 5.97 Å². The van der Waals surface area contributed by atoms with Crippen molar-refractivity contribution in [3.05, 3.63) is 35.9 Å². The van der Waals surface area contributed by atoms with Crippen LogP contribution in [0.5, 0.6) is 0 Å². The molecule has 110 valence electrons. The third-order valence-corrected chi connectivity index (χ3v) is 3.80. The summed E-state index contributed by atoms with van der Waals surface area (Å²) in [6, 6.07) is 10.1. The van der Waals surface area contributed by atoms with E-state index in [0.717, 1.165) is 6.42 Å². The van der Waals surface area contributed by atoms with E-state index in [2.05, 4.69) is 24.4 Å². The number of nitrogens with one attached hydrogen (secondary N) is 1. The average molecular weight is 277 g/mol. The van der Waals surface area contributed by atoms with E-state index in [4.69, 9.17) is 5.11 Å². The van der Waals surface area contributed by atoms with Crippen LogP contribution in [0, 0.1) is 11.8 Å². The van der Waals surface area contributed by atoms with Gasteiger partial charge in [0.2, 0.25) is 5.91 Å². The quantitative estimate of drug-likeness (QED) is 0.805. The van der Waals surface area contributed by atoms with Crippen LogP contribution in [0.15, 0.2) is 30.3 Å². The Labute approximate surface area is 120 Å². The van der Waals surface area contributed by atoms with Gasteiger partial charge in [0.15, 0.2) is 0 Å². The summed E-state index contributed by atoms with van der Waals surface area (Å²) in [7, 11) is 0. The van der Waals surface area contributed by atoms with Crippen LogP contribution in [-0.2, 0) is 9.59 Å². The minimum atomic E-state index is -0.940.